The topological polar surface area (TPSA) is 98.1 Å². The molecule has 2 heterocycles. The van der Waals surface area contributed by atoms with Crippen molar-refractivity contribution in [2.75, 3.05) is 12.3 Å². The van der Waals surface area contributed by atoms with E-state index < -0.39 is 5.91 Å². The number of carbonyl (C=O) groups is 1. The van der Waals surface area contributed by atoms with Gasteiger partial charge in [-0.3, -0.25) is 9.69 Å². The van der Waals surface area contributed by atoms with Gasteiger partial charge >= 0.3 is 0 Å². The Morgan fingerprint density at radius 1 is 1.21 bits per heavy atom. The number of halogens is 1. The van der Waals surface area contributed by atoms with Crippen molar-refractivity contribution in [3.63, 3.8) is 0 Å². The highest BCUT2D eigenvalue weighted by molar-refractivity contribution is 5.94. The van der Waals surface area contributed by atoms with E-state index in [1.165, 1.54) is 12.1 Å². The summed E-state index contributed by atoms with van der Waals surface area (Å²) < 4.78 is 13.2. The average molecular weight is 391 g/mol. The lowest BCUT2D eigenvalue weighted by Gasteiger charge is -2.26. The molecular weight excluding hydrogens is 369 g/mol. The molecular formula is C22H22FN5O. The lowest BCUT2D eigenvalue weighted by atomic mass is 9.98. The van der Waals surface area contributed by atoms with Gasteiger partial charge < -0.3 is 11.5 Å². The molecule has 1 aliphatic heterocycles. The van der Waals surface area contributed by atoms with Crippen LogP contribution in [0.15, 0.2) is 54.7 Å². The molecule has 0 unspecified atom stereocenters. The monoisotopic (exact) mass is 391 g/mol. The van der Waals surface area contributed by atoms with Gasteiger partial charge in [-0.25, -0.2) is 14.4 Å². The number of aromatic nitrogens is 2. The van der Waals surface area contributed by atoms with Crippen LogP contribution in [0.3, 0.4) is 0 Å². The summed E-state index contributed by atoms with van der Waals surface area (Å²) in [6.45, 7) is 1.60. The molecule has 1 aromatic heterocycles. The van der Waals surface area contributed by atoms with E-state index in [2.05, 4.69) is 14.9 Å². The van der Waals surface area contributed by atoms with Crippen LogP contribution in [0, 0.1) is 5.82 Å². The normalized spacial score (nSPS) is 16.8. The fraction of sp³-hybridized carbons (Fsp3) is 0.227. The van der Waals surface area contributed by atoms with Gasteiger partial charge in [0, 0.05) is 23.9 Å². The molecule has 4 rings (SSSR count). The van der Waals surface area contributed by atoms with Gasteiger partial charge in [0.15, 0.2) is 0 Å². The largest absolute Gasteiger partial charge is 0.368 e. The summed E-state index contributed by atoms with van der Waals surface area (Å²) >= 11 is 0. The van der Waals surface area contributed by atoms with Crippen molar-refractivity contribution in [1.82, 2.24) is 14.9 Å². The maximum Gasteiger partial charge on any atom is 0.248 e. The number of primary amides is 1. The highest BCUT2D eigenvalue weighted by Gasteiger charge is 2.30. The summed E-state index contributed by atoms with van der Waals surface area (Å²) in [5.74, 6) is -0.515. The summed E-state index contributed by atoms with van der Waals surface area (Å²) in [6.07, 6.45) is 3.66. The van der Waals surface area contributed by atoms with E-state index in [4.69, 9.17) is 11.5 Å². The van der Waals surface area contributed by atoms with Gasteiger partial charge in [0.05, 0.1) is 11.7 Å². The highest BCUT2D eigenvalue weighted by atomic mass is 19.1. The minimum Gasteiger partial charge on any atom is -0.368 e. The second kappa shape index (κ2) is 7.97. The number of carbonyl (C=O) groups excluding carboxylic acids is 1. The number of likely N-dealkylation sites (tertiary alicyclic amines) is 1. The van der Waals surface area contributed by atoms with E-state index in [-0.39, 0.29) is 17.8 Å². The predicted molar refractivity (Wildman–Crippen MR) is 109 cm³/mol. The van der Waals surface area contributed by atoms with Gasteiger partial charge in [0.2, 0.25) is 11.9 Å². The molecule has 0 spiro atoms. The number of anilines is 1. The van der Waals surface area contributed by atoms with Gasteiger partial charge in [0.25, 0.3) is 0 Å². The molecule has 0 radical (unpaired) electrons. The number of rotatable bonds is 5. The summed E-state index contributed by atoms with van der Waals surface area (Å²) in [7, 11) is 0. The van der Waals surface area contributed by atoms with Crippen molar-refractivity contribution in [1.29, 1.82) is 0 Å². The first-order chi connectivity index (χ1) is 14.0. The summed E-state index contributed by atoms with van der Waals surface area (Å²) in [5, 5.41) is 0. The predicted octanol–water partition coefficient (Wildman–Crippen LogP) is 3.30. The number of nitrogens with two attached hydrogens (primary N) is 2. The van der Waals surface area contributed by atoms with E-state index in [1.807, 2.05) is 6.07 Å². The van der Waals surface area contributed by atoms with Crippen LogP contribution in [0.4, 0.5) is 10.3 Å². The fourth-order valence-electron chi connectivity index (χ4n) is 3.88. The Kier molecular flexibility index (Phi) is 5.22. The van der Waals surface area contributed by atoms with Gasteiger partial charge in [-0.05, 0) is 54.8 Å². The van der Waals surface area contributed by atoms with Gasteiger partial charge in [-0.1, -0.05) is 24.3 Å². The van der Waals surface area contributed by atoms with E-state index >= 15 is 0 Å². The Hall–Kier alpha value is -3.32. The average Bonchev–Trinajstić information content (AvgIpc) is 3.17. The summed E-state index contributed by atoms with van der Waals surface area (Å²) in [4.78, 5) is 22.6. The molecule has 1 atom stereocenters. The highest BCUT2D eigenvalue weighted by Crippen LogP contribution is 2.37. The Morgan fingerprint density at radius 2 is 2.00 bits per heavy atom. The van der Waals surface area contributed by atoms with Crippen LogP contribution < -0.4 is 11.5 Å². The molecule has 7 heteroatoms. The van der Waals surface area contributed by atoms with Crippen LogP contribution in [0.1, 0.15) is 40.5 Å². The Labute approximate surface area is 168 Å². The molecule has 1 fully saturated rings. The molecule has 1 saturated heterocycles. The Balaban J connectivity index is 1.70. The van der Waals surface area contributed by atoms with Gasteiger partial charge in [-0.15, -0.1) is 0 Å². The molecule has 0 bridgehead atoms. The fourth-order valence-corrected chi connectivity index (χ4v) is 3.88. The molecule has 3 aromatic rings. The first kappa shape index (κ1) is 19.0. The first-order valence-electron chi connectivity index (χ1n) is 9.52. The minimum atomic E-state index is -0.483. The van der Waals surface area contributed by atoms with Crippen molar-refractivity contribution in [2.24, 2.45) is 5.73 Å². The lowest BCUT2D eigenvalue weighted by molar-refractivity contribution is 0.100. The van der Waals surface area contributed by atoms with Crippen molar-refractivity contribution in [3.8, 4) is 11.1 Å². The second-order valence-corrected chi connectivity index (χ2v) is 7.23. The van der Waals surface area contributed by atoms with E-state index in [9.17, 15) is 9.18 Å². The van der Waals surface area contributed by atoms with Crippen LogP contribution >= 0.6 is 0 Å². The zero-order valence-corrected chi connectivity index (χ0v) is 15.9. The van der Waals surface area contributed by atoms with Crippen LogP contribution in [-0.2, 0) is 6.54 Å². The maximum atomic E-state index is 13.2. The van der Waals surface area contributed by atoms with E-state index in [0.29, 0.717) is 12.1 Å². The Bertz CT molecular complexity index is 1040. The zero-order valence-electron chi connectivity index (χ0n) is 15.9. The zero-order chi connectivity index (χ0) is 20.4. The quantitative estimate of drug-likeness (QED) is 0.695. The number of amides is 1. The van der Waals surface area contributed by atoms with E-state index in [1.54, 1.807) is 36.5 Å². The van der Waals surface area contributed by atoms with Gasteiger partial charge in [0.1, 0.15) is 5.82 Å². The molecule has 6 nitrogen and oxygen atoms in total. The standard InChI is InChI=1S/C22H22FN5O/c23-17-8-6-14(7-9-17)13-28-10-2-5-19(28)20-18(12-26-22(25)27-20)15-3-1-4-16(11-15)21(24)29/h1,3-4,6-9,11-12,19H,2,5,10,13H2,(H2,24,29)(H2,25,26,27)/t19-/m1/s1. The lowest BCUT2D eigenvalue weighted by Crippen LogP contribution is -2.24. The second-order valence-electron chi connectivity index (χ2n) is 7.23. The first-order valence-corrected chi connectivity index (χ1v) is 9.52. The van der Waals surface area contributed by atoms with Gasteiger partial charge in [-0.2, -0.15) is 0 Å². The van der Waals surface area contributed by atoms with Crippen molar-refractivity contribution in [3.05, 3.63) is 77.4 Å². The SMILES string of the molecule is NC(=O)c1cccc(-c2cnc(N)nc2[C@H]2CCCN2Cc2ccc(F)cc2)c1. The number of hydrogen-bond donors (Lipinski definition) is 2. The molecule has 29 heavy (non-hydrogen) atoms. The Morgan fingerprint density at radius 3 is 2.76 bits per heavy atom. The molecule has 4 N–H and O–H groups in total. The van der Waals surface area contributed by atoms with Crippen LogP contribution in [0.2, 0.25) is 0 Å². The molecule has 2 aromatic carbocycles. The molecule has 1 amide bonds. The van der Waals surface area contributed by atoms with Crippen LogP contribution in [-0.4, -0.2) is 27.3 Å². The number of hydrogen-bond acceptors (Lipinski definition) is 5. The molecule has 148 valence electrons. The third-order valence-corrected chi connectivity index (χ3v) is 5.27. The molecule has 0 aliphatic carbocycles. The van der Waals surface area contributed by atoms with E-state index in [0.717, 1.165) is 41.8 Å². The maximum absolute atomic E-state index is 13.2. The van der Waals surface area contributed by atoms with Crippen molar-refractivity contribution in [2.45, 2.75) is 25.4 Å². The summed E-state index contributed by atoms with van der Waals surface area (Å²) in [6, 6.07) is 13.7. The van der Waals surface area contributed by atoms with Crippen LogP contribution in [0.25, 0.3) is 11.1 Å². The summed E-state index contributed by atoms with van der Waals surface area (Å²) in [5.41, 5.74) is 15.3. The smallest absolute Gasteiger partial charge is 0.248 e. The number of nitrogens with zero attached hydrogens (tertiary/aromatic N) is 3. The molecule has 0 saturated carbocycles. The number of nitrogen functional groups attached to an aromatic ring is 1. The minimum absolute atomic E-state index is 0.0533. The third kappa shape index (κ3) is 4.09. The van der Waals surface area contributed by atoms with Crippen molar-refractivity contribution >= 4 is 11.9 Å². The van der Waals surface area contributed by atoms with Crippen LogP contribution in [0.5, 0.6) is 0 Å². The van der Waals surface area contributed by atoms with Crippen molar-refractivity contribution < 1.29 is 9.18 Å². The molecule has 1 aliphatic rings. The third-order valence-electron chi connectivity index (χ3n) is 5.27. The number of benzene rings is 2.